The molecule has 1 aromatic carbocycles. The number of amides is 2. The van der Waals surface area contributed by atoms with E-state index in [0.717, 1.165) is 30.8 Å². The number of ether oxygens (including phenoxy) is 1. The van der Waals surface area contributed by atoms with Gasteiger partial charge < -0.3 is 36.8 Å². The average Bonchev–Trinajstić information content (AvgIpc) is 3.66. The predicted octanol–water partition coefficient (Wildman–Crippen LogP) is -2.55. The fraction of sp³-hybridized carbons (Fsp3) is 0.333. The first kappa shape index (κ1) is 32.2. The minimum absolute atomic E-state index is 0.0356. The maximum absolute atomic E-state index is 13.3. The van der Waals surface area contributed by atoms with Crippen LogP contribution in [0.25, 0.3) is 0 Å². The zero-order chi connectivity index (χ0) is 33.0. The fourth-order valence-corrected chi connectivity index (χ4v) is 5.68. The molecule has 2 aliphatic rings. The molecule has 0 radical (unpaired) electrons. The van der Waals surface area contributed by atoms with Gasteiger partial charge in [0.1, 0.15) is 42.6 Å². The lowest BCUT2D eigenvalue weighted by atomic mass is 9.98. The highest BCUT2D eigenvalue weighted by Crippen LogP contribution is 2.25. The Balaban J connectivity index is 1.28. The molecule has 3 unspecified atom stereocenters. The molecule has 2 saturated heterocycles. The smallest absolute Gasteiger partial charge is 0.362 e. The summed E-state index contributed by atoms with van der Waals surface area (Å²) < 4.78 is 40.1. The number of aromatic nitrogens is 4. The molecule has 0 aliphatic carbocycles. The number of nitrogens with zero attached hydrogens (tertiary/aromatic N) is 7. The number of amidine groups is 1. The molecule has 5 rings (SSSR count). The summed E-state index contributed by atoms with van der Waals surface area (Å²) in [5.41, 5.74) is 11.7. The van der Waals surface area contributed by atoms with Gasteiger partial charge in [-0.05, 0) is 24.3 Å². The second kappa shape index (κ2) is 13.4. The highest BCUT2D eigenvalue weighted by Gasteiger charge is 2.54. The van der Waals surface area contributed by atoms with Crippen LogP contribution in [0.15, 0.2) is 52.4 Å². The van der Waals surface area contributed by atoms with Gasteiger partial charge >= 0.3 is 16.3 Å². The number of aliphatic carboxylic acids is 1. The number of oxime groups is 1. The van der Waals surface area contributed by atoms with Crippen molar-refractivity contribution in [3.63, 3.8) is 0 Å². The number of thiazole rings is 1. The van der Waals surface area contributed by atoms with E-state index in [1.807, 2.05) is 0 Å². The number of hydrogen-bond acceptors (Lipinski definition) is 15. The number of aliphatic imine (C=N–C) groups is 1. The Hall–Kier alpha value is -5.19. The van der Waals surface area contributed by atoms with E-state index in [0.29, 0.717) is 11.4 Å². The molecule has 2 aliphatic heterocycles. The van der Waals surface area contributed by atoms with Gasteiger partial charge in [0.2, 0.25) is 0 Å². The van der Waals surface area contributed by atoms with E-state index in [2.05, 4.69) is 35.8 Å². The monoisotopic (exact) mass is 677 g/mol. The van der Waals surface area contributed by atoms with Crippen LogP contribution in [0.4, 0.5) is 5.13 Å². The standard InChI is InChI=1S/C24H27N11O9S2/c25-20(30-13-5-27-6-13)12-1-3-14(4-2-12)43-8-17(23(38)39)44-33-18(15-9-45-24(26)31-15)21(36)32-19-16(7-34-11-28-10-29-34)35(22(19)37)46(40,41)42/h1-4,9-11,13,16-17,19,27H,5-8H2,(H2,25,30)(H2,26,31)(H,32,36)(H,38,39)(H,40,41,42). The average molecular weight is 678 g/mol. The van der Waals surface area contributed by atoms with Gasteiger partial charge in [0.05, 0.1) is 18.6 Å². The molecule has 3 atom stereocenters. The summed E-state index contributed by atoms with van der Waals surface area (Å²) in [7, 11) is -4.98. The number of carboxylic acids is 1. The number of anilines is 1. The highest BCUT2D eigenvalue weighted by atomic mass is 32.2. The number of hydrogen-bond donors (Lipinski definition) is 6. The first-order chi connectivity index (χ1) is 21.9. The van der Waals surface area contributed by atoms with Crippen molar-refractivity contribution in [2.24, 2.45) is 15.9 Å². The summed E-state index contributed by atoms with van der Waals surface area (Å²) in [6.45, 7) is 0.694. The van der Waals surface area contributed by atoms with E-state index < -0.39 is 58.6 Å². The summed E-state index contributed by atoms with van der Waals surface area (Å²) >= 11 is 0.938. The third-order valence-electron chi connectivity index (χ3n) is 6.70. The van der Waals surface area contributed by atoms with Crippen LogP contribution in [0, 0.1) is 0 Å². The molecular formula is C24H27N11O9S2. The lowest BCUT2D eigenvalue weighted by molar-refractivity contribution is -0.152. The maximum atomic E-state index is 13.3. The molecule has 0 saturated carbocycles. The summed E-state index contributed by atoms with van der Waals surface area (Å²) in [6.07, 6.45) is 0.692. The molecule has 0 bridgehead atoms. The number of carboxylic acid groups (broad SMARTS) is 1. The molecule has 3 aromatic rings. The van der Waals surface area contributed by atoms with Crippen LogP contribution in [0.1, 0.15) is 11.3 Å². The van der Waals surface area contributed by atoms with Gasteiger partial charge in [-0.1, -0.05) is 5.16 Å². The molecule has 2 fully saturated rings. The number of rotatable bonds is 14. The van der Waals surface area contributed by atoms with Crippen LogP contribution in [0.3, 0.4) is 0 Å². The van der Waals surface area contributed by atoms with Gasteiger partial charge in [-0.3, -0.25) is 23.8 Å². The van der Waals surface area contributed by atoms with Crippen molar-refractivity contribution in [2.45, 2.75) is 30.8 Å². The van der Waals surface area contributed by atoms with Crippen LogP contribution in [-0.4, -0.2) is 115 Å². The van der Waals surface area contributed by atoms with Crippen LogP contribution in [0.2, 0.25) is 0 Å². The molecule has 2 amide bonds. The topological polar surface area (TPSA) is 292 Å². The Kier molecular flexibility index (Phi) is 9.41. The molecule has 46 heavy (non-hydrogen) atoms. The van der Waals surface area contributed by atoms with Crippen molar-refractivity contribution in [1.82, 2.24) is 34.7 Å². The van der Waals surface area contributed by atoms with Gasteiger partial charge in [-0.15, -0.1) is 11.3 Å². The zero-order valence-electron chi connectivity index (χ0n) is 23.5. The molecule has 8 N–H and O–H groups in total. The van der Waals surface area contributed by atoms with Crippen LogP contribution >= 0.6 is 11.3 Å². The van der Waals surface area contributed by atoms with E-state index in [9.17, 15) is 32.5 Å². The van der Waals surface area contributed by atoms with Gasteiger partial charge in [-0.25, -0.2) is 19.1 Å². The molecule has 4 heterocycles. The molecule has 2 aromatic heterocycles. The number of benzene rings is 1. The number of nitrogen functional groups attached to an aromatic ring is 1. The van der Waals surface area contributed by atoms with Crippen LogP contribution in [-0.2, 0) is 36.1 Å². The second-order valence-electron chi connectivity index (χ2n) is 9.85. The Labute approximate surface area is 264 Å². The zero-order valence-corrected chi connectivity index (χ0v) is 25.2. The molecular weight excluding hydrogens is 650 g/mol. The van der Waals surface area contributed by atoms with Crippen LogP contribution < -0.4 is 26.8 Å². The molecule has 22 heteroatoms. The molecule has 20 nitrogen and oxygen atoms in total. The maximum Gasteiger partial charge on any atom is 0.362 e. The van der Waals surface area contributed by atoms with Gasteiger partial charge in [0, 0.05) is 24.0 Å². The van der Waals surface area contributed by atoms with E-state index in [1.165, 1.54) is 16.4 Å². The van der Waals surface area contributed by atoms with Crippen molar-refractivity contribution in [3.05, 3.63) is 53.6 Å². The second-order valence-corrected chi connectivity index (χ2v) is 12.0. The van der Waals surface area contributed by atoms with Crippen LogP contribution in [0.5, 0.6) is 5.75 Å². The summed E-state index contributed by atoms with van der Waals surface area (Å²) in [5, 5.41) is 24.0. The van der Waals surface area contributed by atoms with E-state index >= 15 is 0 Å². The lowest BCUT2D eigenvalue weighted by Gasteiger charge is -2.43. The van der Waals surface area contributed by atoms with Gasteiger partial charge in [0.15, 0.2) is 10.8 Å². The fourth-order valence-electron chi connectivity index (χ4n) is 4.26. The Bertz CT molecular complexity index is 1760. The largest absolute Gasteiger partial charge is 0.489 e. The lowest BCUT2D eigenvalue weighted by Crippen LogP contribution is -2.73. The number of nitrogens with one attached hydrogen (secondary N) is 2. The van der Waals surface area contributed by atoms with Crippen molar-refractivity contribution in [2.75, 3.05) is 25.4 Å². The van der Waals surface area contributed by atoms with Crippen molar-refractivity contribution >= 4 is 56.1 Å². The van der Waals surface area contributed by atoms with E-state index in [1.54, 1.807) is 24.3 Å². The first-order valence-electron chi connectivity index (χ1n) is 13.3. The third kappa shape index (κ3) is 7.36. The Morgan fingerprint density at radius 1 is 1.26 bits per heavy atom. The summed E-state index contributed by atoms with van der Waals surface area (Å²) in [4.78, 5) is 55.2. The summed E-state index contributed by atoms with van der Waals surface area (Å²) in [6, 6.07) is 3.80. The quantitative estimate of drug-likeness (QED) is 0.0336. The Morgan fingerprint density at radius 3 is 2.57 bits per heavy atom. The third-order valence-corrected chi connectivity index (χ3v) is 8.33. The molecule has 0 spiro atoms. The van der Waals surface area contributed by atoms with Gasteiger partial charge in [0.25, 0.3) is 17.9 Å². The van der Waals surface area contributed by atoms with Crippen molar-refractivity contribution < 1.29 is 42.0 Å². The first-order valence-corrected chi connectivity index (χ1v) is 15.6. The highest BCUT2D eigenvalue weighted by molar-refractivity contribution is 7.84. The predicted molar refractivity (Wildman–Crippen MR) is 159 cm³/mol. The van der Waals surface area contributed by atoms with Crippen molar-refractivity contribution in [1.29, 1.82) is 0 Å². The minimum atomic E-state index is -4.98. The number of nitrogens with two attached hydrogens (primary N) is 2. The number of β-lactam (4-membered cyclic amide) rings is 1. The minimum Gasteiger partial charge on any atom is -0.489 e. The van der Waals surface area contributed by atoms with E-state index in [4.69, 9.17) is 21.0 Å². The molecule has 244 valence electrons. The normalized spacial score (nSPS) is 19.6. The summed E-state index contributed by atoms with van der Waals surface area (Å²) in [5.74, 6) is -3.06. The van der Waals surface area contributed by atoms with Crippen molar-refractivity contribution in [3.8, 4) is 5.75 Å². The number of carbonyl (C=O) groups excluding carboxylic acids is 2. The van der Waals surface area contributed by atoms with E-state index in [-0.39, 0.29) is 33.5 Å². The Morgan fingerprint density at radius 2 is 2.00 bits per heavy atom. The van der Waals surface area contributed by atoms with Gasteiger partial charge in [-0.2, -0.15) is 13.5 Å². The number of carbonyl (C=O) groups is 3. The SMILES string of the molecule is NC(=NC1CNC1)c1ccc(OCC(ON=C(C(=O)NC2C(=O)N(S(=O)(=O)O)C2Cn2cncn2)c2csc(N)n2)C(=O)O)cc1.